The second-order valence-corrected chi connectivity index (χ2v) is 7.98. The summed E-state index contributed by atoms with van der Waals surface area (Å²) in [7, 11) is 0. The molecule has 1 aliphatic carbocycles. The number of nitrogens with one attached hydrogen (secondary N) is 2. The first kappa shape index (κ1) is 21.1. The number of anilines is 1. The molecule has 1 heterocycles. The Morgan fingerprint density at radius 3 is 2.31 bits per heavy atom. The summed E-state index contributed by atoms with van der Waals surface area (Å²) in [6, 6.07) is 9.33. The maximum Gasteiger partial charge on any atom is 0.321 e. The molecule has 1 aromatic rings. The van der Waals surface area contributed by atoms with E-state index in [4.69, 9.17) is 4.74 Å². The van der Waals surface area contributed by atoms with Crippen molar-refractivity contribution in [2.24, 2.45) is 5.92 Å². The summed E-state index contributed by atoms with van der Waals surface area (Å²) in [6.45, 7) is 2.60. The number of carbonyl (C=O) groups excluding carboxylic acids is 3. The van der Waals surface area contributed by atoms with Gasteiger partial charge in [0.1, 0.15) is 0 Å². The van der Waals surface area contributed by atoms with Crippen molar-refractivity contribution >= 4 is 23.6 Å². The molecule has 1 atom stereocenters. The van der Waals surface area contributed by atoms with Gasteiger partial charge in [-0.3, -0.25) is 9.59 Å². The van der Waals surface area contributed by atoms with Gasteiger partial charge >= 0.3 is 12.0 Å². The molecule has 0 unspecified atom stereocenters. The van der Waals surface area contributed by atoms with Crippen LogP contribution in [0.4, 0.5) is 10.5 Å². The lowest BCUT2D eigenvalue weighted by atomic mass is 9.95. The fourth-order valence-corrected chi connectivity index (χ4v) is 3.93. The summed E-state index contributed by atoms with van der Waals surface area (Å²) >= 11 is 0. The molecule has 2 fully saturated rings. The van der Waals surface area contributed by atoms with E-state index >= 15 is 0 Å². The van der Waals surface area contributed by atoms with E-state index in [1.165, 1.54) is 6.42 Å². The fourth-order valence-electron chi connectivity index (χ4n) is 3.93. The molecule has 29 heavy (non-hydrogen) atoms. The molecule has 3 amide bonds. The zero-order chi connectivity index (χ0) is 20.6. The number of hydrogen-bond acceptors (Lipinski definition) is 4. The molecular formula is C22H31N3O4. The SMILES string of the molecule is C[C@@H](OC(=O)C1CCN(C(=O)Nc2ccccc2)CC1)C(=O)NC1CCCCC1. The van der Waals surface area contributed by atoms with Crippen LogP contribution in [-0.2, 0) is 14.3 Å². The molecular weight excluding hydrogens is 370 g/mol. The average Bonchev–Trinajstić information content (AvgIpc) is 2.75. The maximum absolute atomic E-state index is 12.5. The molecule has 158 valence electrons. The Kier molecular flexibility index (Phi) is 7.49. The first-order valence-electron chi connectivity index (χ1n) is 10.6. The number of hydrogen-bond donors (Lipinski definition) is 2. The first-order chi connectivity index (χ1) is 14.0. The van der Waals surface area contributed by atoms with E-state index in [-0.39, 0.29) is 29.9 Å². The Labute approximate surface area is 172 Å². The Hall–Kier alpha value is -2.57. The van der Waals surface area contributed by atoms with Gasteiger partial charge in [-0.1, -0.05) is 37.5 Å². The van der Waals surface area contributed by atoms with Crippen LogP contribution < -0.4 is 10.6 Å². The van der Waals surface area contributed by atoms with E-state index in [1.54, 1.807) is 11.8 Å². The number of esters is 1. The average molecular weight is 402 g/mol. The minimum absolute atomic E-state index is 0.164. The highest BCUT2D eigenvalue weighted by atomic mass is 16.5. The van der Waals surface area contributed by atoms with Crippen molar-refractivity contribution in [1.29, 1.82) is 0 Å². The van der Waals surface area contributed by atoms with Crippen LogP contribution >= 0.6 is 0 Å². The second kappa shape index (κ2) is 10.3. The highest BCUT2D eigenvalue weighted by Crippen LogP contribution is 2.21. The van der Waals surface area contributed by atoms with E-state index in [9.17, 15) is 14.4 Å². The maximum atomic E-state index is 12.5. The van der Waals surface area contributed by atoms with E-state index in [1.807, 2.05) is 30.3 Å². The highest BCUT2D eigenvalue weighted by Gasteiger charge is 2.31. The molecule has 1 saturated carbocycles. The second-order valence-electron chi connectivity index (χ2n) is 7.98. The topological polar surface area (TPSA) is 87.7 Å². The van der Waals surface area contributed by atoms with Gasteiger partial charge in [0.05, 0.1) is 5.92 Å². The monoisotopic (exact) mass is 401 g/mol. The van der Waals surface area contributed by atoms with Gasteiger partial charge in [0.2, 0.25) is 0 Å². The van der Waals surface area contributed by atoms with E-state index in [2.05, 4.69) is 10.6 Å². The van der Waals surface area contributed by atoms with Gasteiger partial charge in [0, 0.05) is 24.8 Å². The van der Waals surface area contributed by atoms with Gasteiger partial charge in [-0.05, 0) is 44.7 Å². The van der Waals surface area contributed by atoms with Crippen molar-refractivity contribution in [1.82, 2.24) is 10.2 Å². The summed E-state index contributed by atoms with van der Waals surface area (Å²) in [5, 5.41) is 5.85. The Morgan fingerprint density at radius 2 is 1.66 bits per heavy atom. The summed E-state index contributed by atoms with van der Waals surface area (Å²) in [6.07, 6.45) is 5.77. The third-order valence-electron chi connectivity index (χ3n) is 5.75. The lowest BCUT2D eigenvalue weighted by Gasteiger charge is -2.31. The van der Waals surface area contributed by atoms with Crippen molar-refractivity contribution in [3.8, 4) is 0 Å². The number of urea groups is 1. The van der Waals surface area contributed by atoms with Gasteiger partial charge in [-0.15, -0.1) is 0 Å². The van der Waals surface area contributed by atoms with E-state index in [0.717, 1.165) is 31.4 Å². The highest BCUT2D eigenvalue weighted by molar-refractivity contribution is 5.89. The third kappa shape index (κ3) is 6.21. The zero-order valence-electron chi connectivity index (χ0n) is 17.1. The lowest BCUT2D eigenvalue weighted by Crippen LogP contribution is -2.45. The van der Waals surface area contributed by atoms with Gasteiger partial charge < -0.3 is 20.3 Å². The van der Waals surface area contributed by atoms with Crippen LogP contribution in [0.5, 0.6) is 0 Å². The van der Waals surface area contributed by atoms with Crippen molar-refractivity contribution in [3.05, 3.63) is 30.3 Å². The van der Waals surface area contributed by atoms with Crippen LogP contribution in [-0.4, -0.2) is 48.0 Å². The number of piperidine rings is 1. The van der Waals surface area contributed by atoms with Crippen molar-refractivity contribution in [2.75, 3.05) is 18.4 Å². The predicted molar refractivity (Wildman–Crippen MR) is 110 cm³/mol. The van der Waals surface area contributed by atoms with Gasteiger partial charge in [0.15, 0.2) is 6.10 Å². The largest absolute Gasteiger partial charge is 0.452 e. The zero-order valence-corrected chi connectivity index (χ0v) is 17.1. The number of carbonyl (C=O) groups is 3. The quantitative estimate of drug-likeness (QED) is 0.741. The molecule has 0 spiro atoms. The fraction of sp³-hybridized carbons (Fsp3) is 0.591. The van der Waals surface area contributed by atoms with Crippen LogP contribution in [0.15, 0.2) is 30.3 Å². The Morgan fingerprint density at radius 1 is 1.00 bits per heavy atom. The predicted octanol–water partition coefficient (Wildman–Crippen LogP) is 3.31. The summed E-state index contributed by atoms with van der Waals surface area (Å²) < 4.78 is 5.41. The van der Waals surface area contributed by atoms with Crippen molar-refractivity contribution in [2.45, 2.75) is 64.0 Å². The van der Waals surface area contributed by atoms with Crippen LogP contribution in [0.1, 0.15) is 51.9 Å². The molecule has 0 bridgehead atoms. The van der Waals surface area contributed by atoms with E-state index < -0.39 is 6.10 Å². The lowest BCUT2D eigenvalue weighted by molar-refractivity contribution is -0.160. The molecule has 7 nitrogen and oxygen atoms in total. The Balaban J connectivity index is 1.39. The molecule has 1 aliphatic heterocycles. The minimum Gasteiger partial charge on any atom is -0.452 e. The molecule has 2 N–H and O–H groups in total. The smallest absolute Gasteiger partial charge is 0.321 e. The number of rotatable bonds is 5. The Bertz CT molecular complexity index is 695. The number of likely N-dealkylation sites (tertiary alicyclic amines) is 1. The summed E-state index contributed by atoms with van der Waals surface area (Å²) in [5.41, 5.74) is 0.747. The van der Waals surface area contributed by atoms with Crippen LogP contribution in [0.2, 0.25) is 0 Å². The summed E-state index contributed by atoms with van der Waals surface area (Å²) in [4.78, 5) is 38.8. The number of para-hydroxylation sites is 1. The number of benzene rings is 1. The molecule has 1 saturated heterocycles. The minimum atomic E-state index is -0.788. The number of ether oxygens (including phenoxy) is 1. The van der Waals surface area contributed by atoms with Crippen LogP contribution in [0.3, 0.4) is 0 Å². The van der Waals surface area contributed by atoms with E-state index in [0.29, 0.717) is 25.9 Å². The van der Waals surface area contributed by atoms with Crippen LogP contribution in [0.25, 0.3) is 0 Å². The first-order valence-corrected chi connectivity index (χ1v) is 10.6. The molecule has 3 rings (SSSR count). The molecule has 1 aromatic carbocycles. The van der Waals surface area contributed by atoms with Crippen molar-refractivity contribution < 1.29 is 19.1 Å². The van der Waals surface area contributed by atoms with Gasteiger partial charge in [0.25, 0.3) is 5.91 Å². The number of nitrogens with zero attached hydrogens (tertiary/aromatic N) is 1. The summed E-state index contributed by atoms with van der Waals surface area (Å²) in [5.74, 6) is -0.843. The normalized spacial score (nSPS) is 19.3. The standard InChI is InChI=1S/C22H31N3O4/c1-16(20(26)23-18-8-4-2-5-9-18)29-21(27)17-12-14-25(15-13-17)22(28)24-19-10-6-3-7-11-19/h3,6-7,10-11,16-18H,2,4-5,8-9,12-15H2,1H3,(H,23,26)(H,24,28)/t16-/m1/s1. The van der Waals surface area contributed by atoms with Crippen molar-refractivity contribution in [3.63, 3.8) is 0 Å². The third-order valence-corrected chi connectivity index (χ3v) is 5.75. The number of amides is 3. The molecule has 2 aliphatic rings. The molecule has 7 heteroatoms. The molecule has 0 radical (unpaired) electrons. The molecule has 0 aromatic heterocycles. The van der Waals surface area contributed by atoms with Crippen LogP contribution in [0, 0.1) is 5.92 Å². The van der Waals surface area contributed by atoms with Gasteiger partial charge in [-0.25, -0.2) is 4.79 Å². The van der Waals surface area contributed by atoms with Gasteiger partial charge in [-0.2, -0.15) is 0 Å².